The molecular formula is C19H23N3O3S. The summed E-state index contributed by atoms with van der Waals surface area (Å²) >= 11 is 0. The topological polar surface area (TPSA) is 69.7 Å². The Bertz CT molecular complexity index is 869. The fourth-order valence-corrected chi connectivity index (χ4v) is 4.42. The molecule has 1 heterocycles. The predicted molar refractivity (Wildman–Crippen MR) is 103 cm³/mol. The van der Waals surface area contributed by atoms with Crippen molar-refractivity contribution in [2.24, 2.45) is 0 Å². The van der Waals surface area contributed by atoms with Gasteiger partial charge in [-0.1, -0.05) is 0 Å². The summed E-state index contributed by atoms with van der Waals surface area (Å²) in [4.78, 5) is 14.6. The highest BCUT2D eigenvalue weighted by Crippen LogP contribution is 2.22. The lowest BCUT2D eigenvalue weighted by atomic mass is 10.2. The predicted octanol–water partition coefficient (Wildman–Crippen LogP) is 2.79. The fraction of sp³-hybridized carbons (Fsp3) is 0.316. The number of hydrogen-bond acceptors (Lipinski definition) is 4. The van der Waals surface area contributed by atoms with Gasteiger partial charge in [-0.2, -0.15) is 4.31 Å². The maximum absolute atomic E-state index is 12.5. The number of nitrogens with one attached hydrogen (secondary N) is 1. The Morgan fingerprint density at radius 3 is 2.08 bits per heavy atom. The zero-order valence-electron chi connectivity index (χ0n) is 15.0. The Hall–Kier alpha value is -2.38. The molecule has 1 amide bonds. The molecule has 1 aliphatic heterocycles. The fourth-order valence-electron chi connectivity index (χ4n) is 2.90. The van der Waals surface area contributed by atoms with E-state index in [1.165, 1.54) is 4.31 Å². The molecule has 3 rings (SSSR count). The SMILES string of the molecule is CN(C)c1ccc(C(=O)Nc2ccc(S(=O)(=O)N3CCCC3)cc2)cc1. The van der Waals surface area contributed by atoms with Crippen LogP contribution in [0.2, 0.25) is 0 Å². The molecular weight excluding hydrogens is 350 g/mol. The molecule has 1 N–H and O–H groups in total. The van der Waals surface area contributed by atoms with Crippen LogP contribution in [-0.4, -0.2) is 45.8 Å². The molecule has 0 spiro atoms. The molecule has 138 valence electrons. The summed E-state index contributed by atoms with van der Waals surface area (Å²) in [6.07, 6.45) is 1.81. The van der Waals surface area contributed by atoms with Crippen molar-refractivity contribution < 1.29 is 13.2 Å². The van der Waals surface area contributed by atoms with Crippen LogP contribution >= 0.6 is 0 Å². The van der Waals surface area contributed by atoms with E-state index in [0.717, 1.165) is 18.5 Å². The highest BCUT2D eigenvalue weighted by atomic mass is 32.2. The monoisotopic (exact) mass is 373 g/mol. The highest BCUT2D eigenvalue weighted by molar-refractivity contribution is 7.89. The molecule has 0 radical (unpaired) electrons. The van der Waals surface area contributed by atoms with Gasteiger partial charge in [-0.05, 0) is 61.4 Å². The lowest BCUT2D eigenvalue weighted by Gasteiger charge is -2.16. The van der Waals surface area contributed by atoms with Crippen LogP contribution in [0.1, 0.15) is 23.2 Å². The van der Waals surface area contributed by atoms with Crippen LogP contribution in [0.5, 0.6) is 0 Å². The first-order valence-corrected chi connectivity index (χ1v) is 10.0. The number of rotatable bonds is 5. The van der Waals surface area contributed by atoms with Crippen LogP contribution in [-0.2, 0) is 10.0 Å². The highest BCUT2D eigenvalue weighted by Gasteiger charge is 2.26. The third-order valence-corrected chi connectivity index (χ3v) is 6.37. The standard InChI is InChI=1S/C19H23N3O3S/c1-21(2)17-9-5-15(6-10-17)19(23)20-16-7-11-18(12-8-16)26(24,25)22-13-3-4-14-22/h5-12H,3-4,13-14H2,1-2H3,(H,20,23). The first-order valence-electron chi connectivity index (χ1n) is 8.57. The maximum atomic E-state index is 12.5. The Morgan fingerprint density at radius 2 is 1.54 bits per heavy atom. The molecule has 0 atom stereocenters. The first kappa shape index (κ1) is 18.4. The van der Waals surface area contributed by atoms with Crippen molar-refractivity contribution in [1.82, 2.24) is 4.31 Å². The zero-order valence-corrected chi connectivity index (χ0v) is 15.8. The van der Waals surface area contributed by atoms with Gasteiger partial charge >= 0.3 is 0 Å². The van der Waals surface area contributed by atoms with E-state index in [0.29, 0.717) is 24.3 Å². The number of nitrogens with zero attached hydrogens (tertiary/aromatic N) is 2. The maximum Gasteiger partial charge on any atom is 0.255 e. The smallest absolute Gasteiger partial charge is 0.255 e. The van der Waals surface area contributed by atoms with E-state index < -0.39 is 10.0 Å². The van der Waals surface area contributed by atoms with Crippen molar-refractivity contribution in [3.05, 3.63) is 54.1 Å². The van der Waals surface area contributed by atoms with Gasteiger partial charge in [0.2, 0.25) is 10.0 Å². The van der Waals surface area contributed by atoms with Gasteiger partial charge in [0.05, 0.1) is 4.90 Å². The summed E-state index contributed by atoms with van der Waals surface area (Å²) in [7, 11) is 0.442. The second kappa shape index (κ2) is 7.47. The number of benzene rings is 2. The van der Waals surface area contributed by atoms with Crippen molar-refractivity contribution in [2.75, 3.05) is 37.4 Å². The van der Waals surface area contributed by atoms with Gasteiger partial charge in [0, 0.05) is 44.1 Å². The number of carbonyl (C=O) groups excluding carboxylic acids is 1. The normalized spacial score (nSPS) is 15.0. The van der Waals surface area contributed by atoms with Crippen molar-refractivity contribution in [3.8, 4) is 0 Å². The van der Waals surface area contributed by atoms with Crippen LogP contribution in [0.25, 0.3) is 0 Å². The largest absolute Gasteiger partial charge is 0.378 e. The second-order valence-corrected chi connectivity index (χ2v) is 8.47. The van der Waals surface area contributed by atoms with Crippen LogP contribution in [0.15, 0.2) is 53.4 Å². The lowest BCUT2D eigenvalue weighted by Crippen LogP contribution is -2.27. The van der Waals surface area contributed by atoms with Crippen molar-refractivity contribution in [3.63, 3.8) is 0 Å². The number of amides is 1. The molecule has 0 bridgehead atoms. The molecule has 1 aliphatic rings. The summed E-state index contributed by atoms with van der Waals surface area (Å²) in [6, 6.07) is 13.6. The van der Waals surface area contributed by atoms with E-state index in [-0.39, 0.29) is 10.8 Å². The molecule has 7 heteroatoms. The Kier molecular flexibility index (Phi) is 5.29. The van der Waals surface area contributed by atoms with Gasteiger partial charge in [0.1, 0.15) is 0 Å². The minimum atomic E-state index is -3.43. The van der Waals surface area contributed by atoms with E-state index in [4.69, 9.17) is 0 Å². The van der Waals surface area contributed by atoms with E-state index in [1.54, 1.807) is 36.4 Å². The molecule has 6 nitrogen and oxygen atoms in total. The van der Waals surface area contributed by atoms with E-state index >= 15 is 0 Å². The average Bonchev–Trinajstić information content (AvgIpc) is 3.18. The molecule has 26 heavy (non-hydrogen) atoms. The van der Waals surface area contributed by atoms with Gasteiger partial charge in [0.25, 0.3) is 5.91 Å². The second-order valence-electron chi connectivity index (χ2n) is 6.53. The molecule has 0 aliphatic carbocycles. The van der Waals surface area contributed by atoms with E-state index in [2.05, 4.69) is 5.32 Å². The van der Waals surface area contributed by atoms with E-state index in [1.807, 2.05) is 31.1 Å². The van der Waals surface area contributed by atoms with Crippen molar-refractivity contribution >= 4 is 27.3 Å². The third kappa shape index (κ3) is 3.89. The lowest BCUT2D eigenvalue weighted by molar-refractivity contribution is 0.102. The Balaban J connectivity index is 1.70. The molecule has 0 saturated carbocycles. The quantitative estimate of drug-likeness (QED) is 0.875. The van der Waals surface area contributed by atoms with Crippen molar-refractivity contribution in [2.45, 2.75) is 17.7 Å². The van der Waals surface area contributed by atoms with E-state index in [9.17, 15) is 13.2 Å². The van der Waals surface area contributed by atoms with Gasteiger partial charge in [0.15, 0.2) is 0 Å². The Morgan fingerprint density at radius 1 is 0.962 bits per heavy atom. The number of carbonyl (C=O) groups is 1. The minimum absolute atomic E-state index is 0.231. The van der Waals surface area contributed by atoms with Crippen LogP contribution in [0, 0.1) is 0 Å². The summed E-state index contributed by atoms with van der Waals surface area (Å²) < 4.78 is 26.5. The van der Waals surface area contributed by atoms with Gasteiger partial charge in [-0.15, -0.1) is 0 Å². The molecule has 0 unspecified atom stereocenters. The summed E-state index contributed by atoms with van der Waals surface area (Å²) in [5, 5.41) is 2.79. The van der Waals surface area contributed by atoms with Gasteiger partial charge in [-0.3, -0.25) is 4.79 Å². The van der Waals surface area contributed by atoms with Crippen molar-refractivity contribution in [1.29, 1.82) is 0 Å². The van der Waals surface area contributed by atoms with Gasteiger partial charge < -0.3 is 10.2 Å². The molecule has 1 saturated heterocycles. The first-order chi connectivity index (χ1) is 12.4. The summed E-state index contributed by atoms with van der Waals surface area (Å²) in [6.45, 7) is 1.15. The number of anilines is 2. The molecule has 0 aromatic heterocycles. The van der Waals surface area contributed by atoms with Crippen LogP contribution in [0.3, 0.4) is 0 Å². The zero-order chi connectivity index (χ0) is 18.7. The summed E-state index contributed by atoms with van der Waals surface area (Å²) in [5.74, 6) is -0.231. The minimum Gasteiger partial charge on any atom is -0.378 e. The summed E-state index contributed by atoms with van der Waals surface area (Å²) in [5.41, 5.74) is 2.12. The van der Waals surface area contributed by atoms with Crippen LogP contribution < -0.4 is 10.2 Å². The molecule has 1 fully saturated rings. The van der Waals surface area contributed by atoms with Crippen LogP contribution in [0.4, 0.5) is 11.4 Å². The Labute approximate surface area is 154 Å². The third-order valence-electron chi connectivity index (χ3n) is 4.46. The molecule has 2 aromatic carbocycles. The molecule has 2 aromatic rings. The average molecular weight is 373 g/mol. The number of hydrogen-bond donors (Lipinski definition) is 1. The number of sulfonamides is 1. The van der Waals surface area contributed by atoms with Gasteiger partial charge in [-0.25, -0.2) is 8.42 Å².